The van der Waals surface area contributed by atoms with Crippen LogP contribution >= 0.6 is 0 Å². The molecule has 0 amide bonds. The highest BCUT2D eigenvalue weighted by Gasteiger charge is 2.23. The van der Waals surface area contributed by atoms with Crippen molar-refractivity contribution in [3.8, 4) is 22.6 Å². The predicted octanol–water partition coefficient (Wildman–Crippen LogP) is 3.60. The average molecular weight is 226 g/mol. The molecule has 0 unspecified atom stereocenters. The first kappa shape index (κ1) is 10.2. The topological polar surface area (TPSA) is 29.5 Å². The van der Waals surface area contributed by atoms with Crippen molar-refractivity contribution in [2.75, 3.05) is 0 Å². The van der Waals surface area contributed by atoms with Gasteiger partial charge in [0.2, 0.25) is 0 Å². The molecule has 1 fully saturated rings. The molecule has 0 aromatic heterocycles. The van der Waals surface area contributed by atoms with Crippen LogP contribution in [0, 0.1) is 0 Å². The summed E-state index contributed by atoms with van der Waals surface area (Å²) in [6, 6.07) is 15.3. The molecule has 0 atom stereocenters. The molecule has 2 aromatic carbocycles. The van der Waals surface area contributed by atoms with Crippen molar-refractivity contribution in [1.29, 1.82) is 0 Å². The maximum atomic E-state index is 9.43. The zero-order valence-electron chi connectivity index (χ0n) is 9.47. The van der Waals surface area contributed by atoms with E-state index < -0.39 is 0 Å². The molecule has 1 aliphatic rings. The molecule has 0 heterocycles. The third-order valence-electron chi connectivity index (χ3n) is 2.86. The van der Waals surface area contributed by atoms with Gasteiger partial charge in [0.05, 0.1) is 6.10 Å². The summed E-state index contributed by atoms with van der Waals surface area (Å²) in [4.78, 5) is 0. The highest BCUT2D eigenvalue weighted by molar-refractivity contribution is 5.65. The van der Waals surface area contributed by atoms with E-state index in [1.807, 2.05) is 36.4 Å². The van der Waals surface area contributed by atoms with Crippen molar-refractivity contribution in [1.82, 2.24) is 0 Å². The van der Waals surface area contributed by atoms with E-state index in [9.17, 15) is 5.11 Å². The van der Waals surface area contributed by atoms with E-state index in [4.69, 9.17) is 4.74 Å². The number of phenols is 1. The summed E-state index contributed by atoms with van der Waals surface area (Å²) in [5, 5.41) is 9.43. The van der Waals surface area contributed by atoms with Gasteiger partial charge in [-0.1, -0.05) is 24.3 Å². The van der Waals surface area contributed by atoms with Gasteiger partial charge in [0.25, 0.3) is 0 Å². The van der Waals surface area contributed by atoms with Gasteiger partial charge in [0, 0.05) is 0 Å². The molecule has 17 heavy (non-hydrogen) atoms. The van der Waals surface area contributed by atoms with Crippen LogP contribution in [0.1, 0.15) is 12.8 Å². The summed E-state index contributed by atoms with van der Waals surface area (Å²) < 4.78 is 5.69. The number of hydrogen-bond donors (Lipinski definition) is 1. The van der Waals surface area contributed by atoms with Gasteiger partial charge in [-0.3, -0.25) is 0 Å². The lowest BCUT2D eigenvalue weighted by Gasteiger charge is -2.06. The van der Waals surface area contributed by atoms with Gasteiger partial charge in [0.15, 0.2) is 0 Å². The van der Waals surface area contributed by atoms with Gasteiger partial charge in [-0.05, 0) is 48.2 Å². The lowest BCUT2D eigenvalue weighted by Crippen LogP contribution is -1.95. The molecule has 0 bridgehead atoms. The number of aromatic hydroxyl groups is 1. The van der Waals surface area contributed by atoms with Crippen LogP contribution in [-0.2, 0) is 0 Å². The van der Waals surface area contributed by atoms with E-state index in [1.165, 1.54) is 12.8 Å². The molecule has 2 nitrogen and oxygen atoms in total. The number of rotatable bonds is 3. The molecule has 0 saturated heterocycles. The lowest BCUT2D eigenvalue weighted by atomic mass is 10.1. The number of ether oxygens (including phenoxy) is 1. The van der Waals surface area contributed by atoms with Gasteiger partial charge < -0.3 is 9.84 Å². The largest absolute Gasteiger partial charge is 0.508 e. The van der Waals surface area contributed by atoms with E-state index in [0.29, 0.717) is 11.9 Å². The third kappa shape index (κ3) is 2.41. The smallest absolute Gasteiger partial charge is 0.119 e. The Morgan fingerprint density at radius 2 is 1.71 bits per heavy atom. The van der Waals surface area contributed by atoms with Gasteiger partial charge in [-0.2, -0.15) is 0 Å². The molecule has 2 heteroatoms. The lowest BCUT2D eigenvalue weighted by molar-refractivity contribution is 0.303. The van der Waals surface area contributed by atoms with E-state index >= 15 is 0 Å². The first-order valence-corrected chi connectivity index (χ1v) is 5.87. The Bertz CT molecular complexity index is 513. The van der Waals surface area contributed by atoms with Crippen LogP contribution in [0.2, 0.25) is 0 Å². The molecule has 86 valence electrons. The summed E-state index contributed by atoms with van der Waals surface area (Å²) in [7, 11) is 0. The van der Waals surface area contributed by atoms with Crippen molar-refractivity contribution >= 4 is 0 Å². The van der Waals surface area contributed by atoms with Crippen LogP contribution in [0.25, 0.3) is 11.1 Å². The normalized spacial score (nSPS) is 14.6. The van der Waals surface area contributed by atoms with Crippen LogP contribution in [-0.4, -0.2) is 11.2 Å². The van der Waals surface area contributed by atoms with Crippen molar-refractivity contribution in [3.63, 3.8) is 0 Å². The van der Waals surface area contributed by atoms with Crippen LogP contribution < -0.4 is 4.74 Å². The highest BCUT2D eigenvalue weighted by Crippen LogP contribution is 2.29. The standard InChI is InChI=1S/C15H14O2/c16-13-3-1-2-12(10-13)11-4-6-14(7-5-11)17-15-8-9-15/h1-7,10,15-16H,8-9H2. The highest BCUT2D eigenvalue weighted by atomic mass is 16.5. The van der Waals surface area contributed by atoms with Crippen LogP contribution in [0.5, 0.6) is 11.5 Å². The second kappa shape index (κ2) is 4.13. The molecule has 0 spiro atoms. The maximum absolute atomic E-state index is 9.43. The summed E-state index contributed by atoms with van der Waals surface area (Å²) in [5.41, 5.74) is 2.10. The van der Waals surface area contributed by atoms with E-state index in [0.717, 1.165) is 16.9 Å². The fourth-order valence-electron chi connectivity index (χ4n) is 1.79. The first-order valence-electron chi connectivity index (χ1n) is 5.87. The molecular formula is C15H14O2. The van der Waals surface area contributed by atoms with Gasteiger partial charge in [0.1, 0.15) is 11.5 Å². The van der Waals surface area contributed by atoms with E-state index in [1.54, 1.807) is 12.1 Å². The fourth-order valence-corrected chi connectivity index (χ4v) is 1.79. The van der Waals surface area contributed by atoms with Crippen LogP contribution in [0.4, 0.5) is 0 Å². The summed E-state index contributed by atoms with van der Waals surface area (Å²) >= 11 is 0. The zero-order chi connectivity index (χ0) is 11.7. The van der Waals surface area contributed by atoms with Crippen LogP contribution in [0.3, 0.4) is 0 Å². The monoisotopic (exact) mass is 226 g/mol. The Labute approximate surface area is 100 Å². The molecule has 1 aliphatic carbocycles. The SMILES string of the molecule is Oc1cccc(-c2ccc(OC3CC3)cc2)c1. The van der Waals surface area contributed by atoms with Crippen molar-refractivity contribution in [2.45, 2.75) is 18.9 Å². The summed E-state index contributed by atoms with van der Waals surface area (Å²) in [5.74, 6) is 1.22. The number of phenolic OH excluding ortho intramolecular Hbond substituents is 1. The van der Waals surface area contributed by atoms with Crippen molar-refractivity contribution in [2.24, 2.45) is 0 Å². The molecule has 0 aliphatic heterocycles. The quantitative estimate of drug-likeness (QED) is 0.866. The zero-order valence-corrected chi connectivity index (χ0v) is 9.47. The Morgan fingerprint density at radius 3 is 2.35 bits per heavy atom. The third-order valence-corrected chi connectivity index (χ3v) is 2.86. The molecule has 2 aromatic rings. The van der Waals surface area contributed by atoms with Gasteiger partial charge in [-0.15, -0.1) is 0 Å². The summed E-state index contributed by atoms with van der Waals surface area (Å²) in [6.07, 6.45) is 2.78. The Kier molecular flexibility index (Phi) is 2.48. The van der Waals surface area contributed by atoms with E-state index in [2.05, 4.69) is 0 Å². The fraction of sp³-hybridized carbons (Fsp3) is 0.200. The Hall–Kier alpha value is -1.96. The van der Waals surface area contributed by atoms with Crippen LogP contribution in [0.15, 0.2) is 48.5 Å². The number of benzene rings is 2. The maximum Gasteiger partial charge on any atom is 0.119 e. The average Bonchev–Trinajstić information content (AvgIpc) is 3.14. The molecular weight excluding hydrogens is 212 g/mol. The minimum absolute atomic E-state index is 0.292. The number of hydrogen-bond acceptors (Lipinski definition) is 2. The summed E-state index contributed by atoms with van der Waals surface area (Å²) in [6.45, 7) is 0. The van der Waals surface area contributed by atoms with Crippen molar-refractivity contribution < 1.29 is 9.84 Å². The first-order chi connectivity index (χ1) is 8.31. The minimum atomic E-state index is 0.292. The second-order valence-electron chi connectivity index (χ2n) is 4.39. The van der Waals surface area contributed by atoms with Crippen molar-refractivity contribution in [3.05, 3.63) is 48.5 Å². The second-order valence-corrected chi connectivity index (χ2v) is 4.39. The predicted molar refractivity (Wildman–Crippen MR) is 67.2 cm³/mol. The van der Waals surface area contributed by atoms with Gasteiger partial charge >= 0.3 is 0 Å². The molecule has 1 saturated carbocycles. The van der Waals surface area contributed by atoms with Gasteiger partial charge in [-0.25, -0.2) is 0 Å². The Balaban J connectivity index is 1.83. The minimum Gasteiger partial charge on any atom is -0.508 e. The molecule has 0 radical (unpaired) electrons. The molecule has 3 rings (SSSR count). The molecule has 1 N–H and O–H groups in total. The van der Waals surface area contributed by atoms with E-state index in [-0.39, 0.29) is 0 Å². The Morgan fingerprint density at radius 1 is 0.941 bits per heavy atom.